The summed E-state index contributed by atoms with van der Waals surface area (Å²) in [6.45, 7) is 0.743. The van der Waals surface area contributed by atoms with E-state index in [-0.39, 0.29) is 5.91 Å². The number of ether oxygens (including phenoxy) is 1. The number of nitrogens with zero attached hydrogens (tertiary/aromatic N) is 1. The standard InChI is InChI=1S/C21H20ClN3O2/c1-27-19-9-5-2-6-15(19)12-13-23-16-10-11-20(24-14-16)25-21(26)17-7-3-4-8-18(17)22/h2-11,14,23H,12-13H2,1H3,(H,24,25,26). The smallest absolute Gasteiger partial charge is 0.258 e. The van der Waals surface area contributed by atoms with Gasteiger partial charge in [-0.15, -0.1) is 0 Å². The maximum Gasteiger partial charge on any atom is 0.258 e. The van der Waals surface area contributed by atoms with Crippen LogP contribution in [0.2, 0.25) is 5.02 Å². The average molecular weight is 382 g/mol. The summed E-state index contributed by atoms with van der Waals surface area (Å²) in [6.07, 6.45) is 2.51. The van der Waals surface area contributed by atoms with Gasteiger partial charge >= 0.3 is 0 Å². The van der Waals surface area contributed by atoms with Crippen molar-refractivity contribution < 1.29 is 9.53 Å². The molecular formula is C21H20ClN3O2. The number of carbonyl (C=O) groups is 1. The molecule has 3 aromatic rings. The van der Waals surface area contributed by atoms with Gasteiger partial charge in [-0.1, -0.05) is 41.9 Å². The lowest BCUT2D eigenvalue weighted by Crippen LogP contribution is -2.13. The molecule has 27 heavy (non-hydrogen) atoms. The zero-order chi connectivity index (χ0) is 19.1. The fourth-order valence-electron chi connectivity index (χ4n) is 2.65. The summed E-state index contributed by atoms with van der Waals surface area (Å²) >= 11 is 6.04. The van der Waals surface area contributed by atoms with Crippen molar-refractivity contribution in [1.29, 1.82) is 0 Å². The van der Waals surface area contributed by atoms with Crippen LogP contribution in [0.5, 0.6) is 5.75 Å². The van der Waals surface area contributed by atoms with Gasteiger partial charge in [0.05, 0.1) is 29.6 Å². The Kier molecular flexibility index (Phi) is 6.28. The molecule has 0 saturated heterocycles. The Hall–Kier alpha value is -3.05. The molecule has 0 unspecified atom stereocenters. The number of anilines is 2. The van der Waals surface area contributed by atoms with Gasteiger partial charge in [-0.3, -0.25) is 4.79 Å². The van der Waals surface area contributed by atoms with Crippen molar-refractivity contribution in [2.75, 3.05) is 24.3 Å². The molecule has 6 heteroatoms. The number of nitrogens with one attached hydrogen (secondary N) is 2. The van der Waals surface area contributed by atoms with Crippen molar-refractivity contribution in [3.8, 4) is 5.75 Å². The minimum absolute atomic E-state index is 0.287. The third-order valence-electron chi connectivity index (χ3n) is 4.04. The van der Waals surface area contributed by atoms with Crippen LogP contribution in [0.1, 0.15) is 15.9 Å². The van der Waals surface area contributed by atoms with Crippen LogP contribution in [0.25, 0.3) is 0 Å². The molecule has 2 N–H and O–H groups in total. The molecule has 5 nitrogen and oxygen atoms in total. The first kappa shape index (κ1) is 18.7. The second-order valence-electron chi connectivity index (χ2n) is 5.85. The molecule has 0 aliphatic carbocycles. The molecule has 138 valence electrons. The molecule has 0 radical (unpaired) electrons. The van der Waals surface area contributed by atoms with Crippen molar-refractivity contribution in [3.63, 3.8) is 0 Å². The highest BCUT2D eigenvalue weighted by molar-refractivity contribution is 6.34. The number of halogens is 1. The van der Waals surface area contributed by atoms with Crippen LogP contribution in [0.15, 0.2) is 66.9 Å². The fraction of sp³-hybridized carbons (Fsp3) is 0.143. The SMILES string of the molecule is COc1ccccc1CCNc1ccc(NC(=O)c2ccccc2Cl)nc1. The topological polar surface area (TPSA) is 63.2 Å². The molecule has 1 aromatic heterocycles. The van der Waals surface area contributed by atoms with Crippen molar-refractivity contribution in [3.05, 3.63) is 83.0 Å². The lowest BCUT2D eigenvalue weighted by molar-refractivity contribution is 0.102. The number of methoxy groups -OCH3 is 1. The van der Waals surface area contributed by atoms with Crippen molar-refractivity contribution >= 4 is 29.0 Å². The van der Waals surface area contributed by atoms with Crippen LogP contribution in [0.3, 0.4) is 0 Å². The number of hydrogen-bond donors (Lipinski definition) is 2. The third kappa shape index (κ3) is 4.99. The largest absolute Gasteiger partial charge is 0.496 e. The zero-order valence-electron chi connectivity index (χ0n) is 14.9. The summed E-state index contributed by atoms with van der Waals surface area (Å²) in [5, 5.41) is 6.47. The van der Waals surface area contributed by atoms with Gasteiger partial charge in [-0.2, -0.15) is 0 Å². The predicted octanol–water partition coefficient (Wildman–Crippen LogP) is 4.65. The number of carbonyl (C=O) groups excluding carboxylic acids is 1. The number of rotatable bonds is 7. The van der Waals surface area contributed by atoms with Gasteiger partial charge in [0.2, 0.25) is 0 Å². The first-order valence-electron chi connectivity index (χ1n) is 8.55. The highest BCUT2D eigenvalue weighted by Crippen LogP contribution is 2.19. The van der Waals surface area contributed by atoms with E-state index in [1.807, 2.05) is 30.3 Å². The second kappa shape index (κ2) is 9.05. The molecule has 1 heterocycles. The van der Waals surface area contributed by atoms with Crippen LogP contribution in [-0.2, 0) is 6.42 Å². The first-order valence-corrected chi connectivity index (χ1v) is 8.93. The van der Waals surface area contributed by atoms with E-state index in [4.69, 9.17) is 16.3 Å². The third-order valence-corrected chi connectivity index (χ3v) is 4.37. The van der Waals surface area contributed by atoms with E-state index in [1.165, 1.54) is 0 Å². The van der Waals surface area contributed by atoms with Gasteiger partial charge in [-0.25, -0.2) is 4.98 Å². The Morgan fingerprint density at radius 2 is 1.85 bits per heavy atom. The molecule has 0 atom stereocenters. The lowest BCUT2D eigenvalue weighted by Gasteiger charge is -2.10. The van der Waals surface area contributed by atoms with Gasteiger partial charge in [0, 0.05) is 6.54 Å². The van der Waals surface area contributed by atoms with Crippen LogP contribution in [-0.4, -0.2) is 24.5 Å². The average Bonchev–Trinajstić information content (AvgIpc) is 2.70. The Morgan fingerprint density at radius 1 is 1.07 bits per heavy atom. The predicted molar refractivity (Wildman–Crippen MR) is 109 cm³/mol. The lowest BCUT2D eigenvalue weighted by atomic mass is 10.1. The van der Waals surface area contributed by atoms with E-state index in [2.05, 4.69) is 15.6 Å². The molecule has 0 aliphatic rings. The van der Waals surface area contributed by atoms with Gasteiger partial charge in [0.15, 0.2) is 0 Å². The summed E-state index contributed by atoms with van der Waals surface area (Å²) in [7, 11) is 1.67. The molecule has 0 fully saturated rings. The molecular weight excluding hydrogens is 362 g/mol. The number of pyridine rings is 1. The minimum Gasteiger partial charge on any atom is -0.496 e. The molecule has 3 rings (SSSR count). The van der Waals surface area contributed by atoms with Crippen LogP contribution in [0.4, 0.5) is 11.5 Å². The number of benzene rings is 2. The maximum absolute atomic E-state index is 12.2. The van der Waals surface area contributed by atoms with Crippen molar-refractivity contribution in [2.45, 2.75) is 6.42 Å². The van der Waals surface area contributed by atoms with E-state index >= 15 is 0 Å². The van der Waals surface area contributed by atoms with E-state index in [0.29, 0.717) is 16.4 Å². The molecule has 0 aliphatic heterocycles. The number of aromatic nitrogens is 1. The van der Waals surface area contributed by atoms with Crippen molar-refractivity contribution in [1.82, 2.24) is 4.98 Å². The van der Waals surface area contributed by atoms with Gasteiger partial charge in [0.1, 0.15) is 11.6 Å². The van der Waals surface area contributed by atoms with Gasteiger partial charge in [0.25, 0.3) is 5.91 Å². The van der Waals surface area contributed by atoms with E-state index in [0.717, 1.165) is 30.0 Å². The summed E-state index contributed by atoms with van der Waals surface area (Å²) in [6, 6.07) is 18.5. The monoisotopic (exact) mass is 381 g/mol. The van der Waals surface area contributed by atoms with E-state index < -0.39 is 0 Å². The Labute approximate surface area is 163 Å². The summed E-state index contributed by atoms with van der Waals surface area (Å²) in [5.74, 6) is 1.07. The van der Waals surface area contributed by atoms with Gasteiger partial charge < -0.3 is 15.4 Å². The molecule has 0 spiro atoms. The van der Waals surface area contributed by atoms with Gasteiger partial charge in [-0.05, 0) is 42.3 Å². The number of para-hydroxylation sites is 1. The highest BCUT2D eigenvalue weighted by atomic mass is 35.5. The summed E-state index contributed by atoms with van der Waals surface area (Å²) in [5.41, 5.74) is 2.43. The second-order valence-corrected chi connectivity index (χ2v) is 6.26. The van der Waals surface area contributed by atoms with Crippen LogP contribution >= 0.6 is 11.6 Å². The fourth-order valence-corrected chi connectivity index (χ4v) is 2.87. The normalized spacial score (nSPS) is 10.3. The molecule has 1 amide bonds. The summed E-state index contributed by atoms with van der Waals surface area (Å²) < 4.78 is 5.36. The Bertz CT molecular complexity index is 913. The number of amides is 1. The van der Waals surface area contributed by atoms with Crippen LogP contribution < -0.4 is 15.4 Å². The highest BCUT2D eigenvalue weighted by Gasteiger charge is 2.10. The Balaban J connectivity index is 1.54. The summed E-state index contributed by atoms with van der Waals surface area (Å²) in [4.78, 5) is 16.5. The van der Waals surface area contributed by atoms with E-state index in [9.17, 15) is 4.79 Å². The number of hydrogen-bond acceptors (Lipinski definition) is 4. The minimum atomic E-state index is -0.287. The quantitative estimate of drug-likeness (QED) is 0.625. The Morgan fingerprint density at radius 3 is 2.59 bits per heavy atom. The van der Waals surface area contributed by atoms with Crippen LogP contribution in [0, 0.1) is 0 Å². The van der Waals surface area contributed by atoms with E-state index in [1.54, 1.807) is 43.6 Å². The van der Waals surface area contributed by atoms with Crippen molar-refractivity contribution in [2.24, 2.45) is 0 Å². The first-order chi connectivity index (χ1) is 13.2. The molecule has 2 aromatic carbocycles. The maximum atomic E-state index is 12.2. The zero-order valence-corrected chi connectivity index (χ0v) is 15.7. The molecule has 0 saturated carbocycles. The molecule has 0 bridgehead atoms.